The second kappa shape index (κ2) is 6.45. The monoisotopic (exact) mass is 137 g/mol. The molecular formula is C4H7CrNO. The molecule has 1 N–H and O–H groups in total. The summed E-state index contributed by atoms with van der Waals surface area (Å²) in [6, 6.07) is 0. The molecule has 1 aliphatic heterocycles. The van der Waals surface area contributed by atoms with Crippen molar-refractivity contribution in [2.45, 2.75) is 0 Å². The number of ether oxygens (including phenoxy) is 1. The summed E-state index contributed by atoms with van der Waals surface area (Å²) in [6.45, 7) is 2.67. The van der Waals surface area contributed by atoms with Gasteiger partial charge in [0, 0.05) is 31.3 Å². The van der Waals surface area contributed by atoms with Gasteiger partial charge in [-0.15, -0.1) is 0 Å². The van der Waals surface area contributed by atoms with Gasteiger partial charge >= 0.3 is 0 Å². The Hall–Kier alpha value is 0.452. The van der Waals surface area contributed by atoms with Gasteiger partial charge in [-0.25, -0.2) is 0 Å². The molecular weight excluding hydrogens is 130 g/mol. The third kappa shape index (κ3) is 4.30. The average molecular weight is 137 g/mol. The standard InChI is InChI=1S/C3H7NO.C.Cr/c1-2-5-3-4-1;;/h4H,1-3H2;;. The molecule has 2 nitrogen and oxygen atoms in total. The Labute approximate surface area is 55.4 Å². The minimum atomic E-state index is 0. The van der Waals surface area contributed by atoms with Crippen LogP contribution in [0.5, 0.6) is 0 Å². The number of rotatable bonds is 0. The van der Waals surface area contributed by atoms with Crippen LogP contribution in [0.25, 0.3) is 0 Å². The molecule has 0 amide bonds. The fraction of sp³-hybridized carbons (Fsp3) is 0.750. The molecule has 3 heteroatoms. The van der Waals surface area contributed by atoms with E-state index in [0.29, 0.717) is 0 Å². The van der Waals surface area contributed by atoms with Crippen LogP contribution in [-0.4, -0.2) is 19.9 Å². The third-order valence-corrected chi connectivity index (χ3v) is 0.627. The second-order valence-electron chi connectivity index (χ2n) is 1.05. The summed E-state index contributed by atoms with van der Waals surface area (Å²) in [5.74, 6) is 0. The first-order valence-corrected chi connectivity index (χ1v) is 1.78. The molecule has 0 bridgehead atoms. The minimum absolute atomic E-state index is 0. The number of hydrogen-bond acceptors (Lipinski definition) is 2. The van der Waals surface area contributed by atoms with Gasteiger partial charge in [0.2, 0.25) is 0 Å². The molecule has 1 heterocycles. The zero-order chi connectivity index (χ0) is 3.54. The minimum Gasteiger partial charge on any atom is -0.365 e. The SMILES string of the molecule is C1COCN1.[C].[Cr]. The van der Waals surface area contributed by atoms with Crippen molar-refractivity contribution in [3.05, 3.63) is 7.43 Å². The molecule has 0 aromatic carbocycles. The van der Waals surface area contributed by atoms with Crippen LogP contribution in [-0.2, 0) is 22.1 Å². The summed E-state index contributed by atoms with van der Waals surface area (Å²) < 4.78 is 4.83. The Morgan fingerprint density at radius 2 is 2.14 bits per heavy atom. The molecule has 0 saturated carbocycles. The van der Waals surface area contributed by atoms with E-state index in [0.717, 1.165) is 19.9 Å². The van der Waals surface area contributed by atoms with Crippen LogP contribution in [0.15, 0.2) is 0 Å². The molecule has 40 valence electrons. The first-order chi connectivity index (χ1) is 2.50. The van der Waals surface area contributed by atoms with E-state index in [9.17, 15) is 0 Å². The first-order valence-electron chi connectivity index (χ1n) is 1.78. The fourth-order valence-corrected chi connectivity index (χ4v) is 0.361. The van der Waals surface area contributed by atoms with Gasteiger partial charge in [-0.3, -0.25) is 5.32 Å². The maximum atomic E-state index is 4.83. The van der Waals surface area contributed by atoms with Crippen LogP contribution in [0.4, 0.5) is 0 Å². The molecule has 1 saturated heterocycles. The largest absolute Gasteiger partial charge is 0.365 e. The van der Waals surface area contributed by atoms with Gasteiger partial charge in [0.1, 0.15) is 0 Å². The number of nitrogens with one attached hydrogen (secondary N) is 1. The van der Waals surface area contributed by atoms with E-state index >= 15 is 0 Å². The van der Waals surface area contributed by atoms with E-state index < -0.39 is 0 Å². The van der Waals surface area contributed by atoms with Crippen molar-refractivity contribution in [1.29, 1.82) is 0 Å². The van der Waals surface area contributed by atoms with Crippen LogP contribution < -0.4 is 5.32 Å². The molecule has 0 unspecified atom stereocenters. The van der Waals surface area contributed by atoms with E-state index in [1.807, 2.05) is 0 Å². The van der Waals surface area contributed by atoms with Crippen LogP contribution in [0.2, 0.25) is 0 Å². The topological polar surface area (TPSA) is 21.3 Å². The Kier molecular flexibility index (Phi) is 9.62. The second-order valence-corrected chi connectivity index (χ2v) is 1.05. The van der Waals surface area contributed by atoms with E-state index in [1.165, 1.54) is 0 Å². The third-order valence-electron chi connectivity index (χ3n) is 0.627. The van der Waals surface area contributed by atoms with Gasteiger partial charge in [0.15, 0.2) is 0 Å². The van der Waals surface area contributed by atoms with Gasteiger partial charge in [-0.1, -0.05) is 0 Å². The van der Waals surface area contributed by atoms with E-state index in [4.69, 9.17) is 4.74 Å². The smallest absolute Gasteiger partial charge is 0.0966 e. The maximum Gasteiger partial charge on any atom is 0.0966 e. The molecule has 0 aromatic rings. The molecule has 1 rings (SSSR count). The van der Waals surface area contributed by atoms with Gasteiger partial charge < -0.3 is 4.74 Å². The van der Waals surface area contributed by atoms with E-state index in [2.05, 4.69) is 5.32 Å². The van der Waals surface area contributed by atoms with E-state index in [1.54, 1.807) is 0 Å². The van der Waals surface area contributed by atoms with Gasteiger partial charge in [-0.05, 0) is 0 Å². The molecule has 0 spiro atoms. The molecule has 0 atom stereocenters. The van der Waals surface area contributed by atoms with Gasteiger partial charge in [0.05, 0.1) is 13.3 Å². The van der Waals surface area contributed by atoms with Crippen molar-refractivity contribution in [1.82, 2.24) is 5.32 Å². The summed E-state index contributed by atoms with van der Waals surface area (Å²) in [5.41, 5.74) is 0. The zero-order valence-electron chi connectivity index (χ0n) is 3.94. The molecule has 1 aliphatic rings. The van der Waals surface area contributed by atoms with Crippen molar-refractivity contribution in [2.24, 2.45) is 0 Å². The van der Waals surface area contributed by atoms with Crippen molar-refractivity contribution in [2.75, 3.05) is 19.9 Å². The zero-order valence-corrected chi connectivity index (χ0v) is 5.21. The Balaban J connectivity index is 0. The van der Waals surface area contributed by atoms with Crippen LogP contribution >= 0.6 is 0 Å². The Morgan fingerprint density at radius 3 is 2.29 bits per heavy atom. The predicted octanol–water partition coefficient (Wildman–Crippen LogP) is -0.358. The van der Waals surface area contributed by atoms with E-state index in [-0.39, 0.29) is 24.8 Å². The van der Waals surface area contributed by atoms with Crippen molar-refractivity contribution in [3.8, 4) is 0 Å². The normalized spacial score (nSPS) is 17.1. The Morgan fingerprint density at radius 1 is 1.43 bits per heavy atom. The molecule has 0 aromatic heterocycles. The summed E-state index contributed by atoms with van der Waals surface area (Å²) in [6.07, 6.45) is 0. The summed E-state index contributed by atoms with van der Waals surface area (Å²) >= 11 is 0. The van der Waals surface area contributed by atoms with Crippen LogP contribution in [0, 0.1) is 7.43 Å². The van der Waals surface area contributed by atoms with Crippen molar-refractivity contribution < 1.29 is 22.1 Å². The predicted molar refractivity (Wildman–Crippen MR) is 22.1 cm³/mol. The summed E-state index contributed by atoms with van der Waals surface area (Å²) in [7, 11) is 0. The fourth-order valence-electron chi connectivity index (χ4n) is 0.361. The van der Waals surface area contributed by atoms with Gasteiger partial charge in [-0.2, -0.15) is 0 Å². The maximum absolute atomic E-state index is 4.83. The molecule has 1 fully saturated rings. The van der Waals surface area contributed by atoms with Crippen LogP contribution in [0.3, 0.4) is 0 Å². The number of hydrogen-bond donors (Lipinski definition) is 1. The average Bonchev–Trinajstić information content (AvgIpc) is 1.76. The molecule has 0 aliphatic carbocycles. The van der Waals surface area contributed by atoms with Gasteiger partial charge in [0.25, 0.3) is 0 Å². The first kappa shape index (κ1) is 10.4. The van der Waals surface area contributed by atoms with Crippen LogP contribution in [0.1, 0.15) is 0 Å². The molecule has 7 heavy (non-hydrogen) atoms. The Bertz CT molecular complexity index is 23.3. The van der Waals surface area contributed by atoms with Crippen molar-refractivity contribution in [3.63, 3.8) is 0 Å². The quantitative estimate of drug-likeness (QED) is 0.492. The molecule has 4 radical (unpaired) electrons. The van der Waals surface area contributed by atoms with Crippen molar-refractivity contribution >= 4 is 0 Å². The summed E-state index contributed by atoms with van der Waals surface area (Å²) in [5, 5.41) is 3.00. The summed E-state index contributed by atoms with van der Waals surface area (Å²) in [4.78, 5) is 0.